The number of aliphatic hydroxyl groups excluding tert-OH is 1. The lowest BCUT2D eigenvalue weighted by Gasteiger charge is -2.11. The maximum atomic E-state index is 9.45. The summed E-state index contributed by atoms with van der Waals surface area (Å²) in [6.07, 6.45) is 5.59. The SMILES string of the molecule is CCCCC[C@@H](O)CC(C)C. The van der Waals surface area contributed by atoms with Crippen molar-refractivity contribution in [2.45, 2.75) is 59.0 Å². The zero-order valence-corrected chi connectivity index (χ0v) is 8.14. The quantitative estimate of drug-likeness (QED) is 0.589. The van der Waals surface area contributed by atoms with E-state index in [0.29, 0.717) is 5.92 Å². The molecule has 0 heterocycles. The summed E-state index contributed by atoms with van der Waals surface area (Å²) in [6, 6.07) is 0. The summed E-state index contributed by atoms with van der Waals surface area (Å²) in [5, 5.41) is 9.45. The Morgan fingerprint density at radius 1 is 1.18 bits per heavy atom. The molecule has 0 aliphatic carbocycles. The van der Waals surface area contributed by atoms with Crippen LogP contribution < -0.4 is 0 Å². The topological polar surface area (TPSA) is 20.2 Å². The lowest BCUT2D eigenvalue weighted by molar-refractivity contribution is 0.136. The van der Waals surface area contributed by atoms with Gasteiger partial charge >= 0.3 is 0 Å². The predicted molar refractivity (Wildman–Crippen MR) is 49.6 cm³/mol. The van der Waals surface area contributed by atoms with E-state index in [2.05, 4.69) is 20.8 Å². The average Bonchev–Trinajstić information content (AvgIpc) is 1.86. The third-order valence-corrected chi connectivity index (χ3v) is 1.88. The van der Waals surface area contributed by atoms with Gasteiger partial charge < -0.3 is 5.11 Å². The van der Waals surface area contributed by atoms with E-state index in [1.165, 1.54) is 19.3 Å². The highest BCUT2D eigenvalue weighted by Gasteiger charge is 2.05. The highest BCUT2D eigenvalue weighted by atomic mass is 16.3. The fourth-order valence-corrected chi connectivity index (χ4v) is 1.29. The molecule has 0 amide bonds. The third kappa shape index (κ3) is 7.86. The molecule has 1 atom stereocenters. The van der Waals surface area contributed by atoms with Crippen molar-refractivity contribution in [3.63, 3.8) is 0 Å². The van der Waals surface area contributed by atoms with Crippen LogP contribution in [0.1, 0.15) is 52.9 Å². The van der Waals surface area contributed by atoms with Crippen LogP contribution in [-0.2, 0) is 0 Å². The van der Waals surface area contributed by atoms with Crippen LogP contribution in [0.5, 0.6) is 0 Å². The molecule has 0 spiro atoms. The molecule has 11 heavy (non-hydrogen) atoms. The largest absolute Gasteiger partial charge is 0.393 e. The van der Waals surface area contributed by atoms with E-state index in [1.807, 2.05) is 0 Å². The van der Waals surface area contributed by atoms with E-state index in [1.54, 1.807) is 0 Å². The molecule has 0 aromatic carbocycles. The number of rotatable bonds is 6. The molecule has 68 valence electrons. The smallest absolute Gasteiger partial charge is 0.0542 e. The van der Waals surface area contributed by atoms with Gasteiger partial charge in [0.25, 0.3) is 0 Å². The van der Waals surface area contributed by atoms with Gasteiger partial charge in [-0.3, -0.25) is 0 Å². The van der Waals surface area contributed by atoms with Gasteiger partial charge in [-0.1, -0.05) is 40.0 Å². The first-order valence-corrected chi connectivity index (χ1v) is 4.84. The predicted octanol–water partition coefficient (Wildman–Crippen LogP) is 2.97. The van der Waals surface area contributed by atoms with E-state index < -0.39 is 0 Å². The zero-order valence-electron chi connectivity index (χ0n) is 8.14. The highest BCUT2D eigenvalue weighted by Crippen LogP contribution is 2.11. The molecule has 0 aromatic heterocycles. The van der Waals surface area contributed by atoms with Crippen molar-refractivity contribution in [2.75, 3.05) is 0 Å². The Hall–Kier alpha value is -0.0400. The Labute approximate surface area is 70.8 Å². The van der Waals surface area contributed by atoms with E-state index >= 15 is 0 Å². The summed E-state index contributed by atoms with van der Waals surface area (Å²) >= 11 is 0. The summed E-state index contributed by atoms with van der Waals surface area (Å²) in [5.41, 5.74) is 0. The first-order chi connectivity index (χ1) is 5.16. The van der Waals surface area contributed by atoms with Gasteiger partial charge in [0, 0.05) is 0 Å². The lowest BCUT2D eigenvalue weighted by Crippen LogP contribution is -2.09. The molecule has 0 saturated heterocycles. The molecule has 1 N–H and O–H groups in total. The third-order valence-electron chi connectivity index (χ3n) is 1.88. The first kappa shape index (κ1) is 11.0. The molecule has 0 bridgehead atoms. The summed E-state index contributed by atoms with van der Waals surface area (Å²) in [4.78, 5) is 0. The minimum Gasteiger partial charge on any atom is -0.393 e. The van der Waals surface area contributed by atoms with Crippen LogP contribution in [0.2, 0.25) is 0 Å². The van der Waals surface area contributed by atoms with Crippen molar-refractivity contribution in [3.8, 4) is 0 Å². The molecule has 1 heteroatoms. The molecule has 0 unspecified atom stereocenters. The van der Waals surface area contributed by atoms with Gasteiger partial charge in [-0.05, 0) is 18.8 Å². The number of hydrogen-bond acceptors (Lipinski definition) is 1. The fourth-order valence-electron chi connectivity index (χ4n) is 1.29. The Morgan fingerprint density at radius 3 is 2.27 bits per heavy atom. The van der Waals surface area contributed by atoms with Crippen molar-refractivity contribution in [1.29, 1.82) is 0 Å². The van der Waals surface area contributed by atoms with Crippen molar-refractivity contribution in [1.82, 2.24) is 0 Å². The molecule has 0 saturated carbocycles. The maximum absolute atomic E-state index is 9.45. The van der Waals surface area contributed by atoms with Crippen molar-refractivity contribution in [2.24, 2.45) is 5.92 Å². The number of aliphatic hydroxyl groups is 1. The van der Waals surface area contributed by atoms with Gasteiger partial charge in [0.05, 0.1) is 6.10 Å². The van der Waals surface area contributed by atoms with Crippen molar-refractivity contribution in [3.05, 3.63) is 0 Å². The van der Waals surface area contributed by atoms with Crippen LogP contribution in [0.3, 0.4) is 0 Å². The molecule has 1 nitrogen and oxygen atoms in total. The standard InChI is InChI=1S/C10H22O/c1-4-5-6-7-10(11)8-9(2)3/h9-11H,4-8H2,1-3H3/t10-/m1/s1. The van der Waals surface area contributed by atoms with Gasteiger partial charge in [0.2, 0.25) is 0 Å². The first-order valence-electron chi connectivity index (χ1n) is 4.84. The molecule has 0 fully saturated rings. The number of hydrogen-bond donors (Lipinski definition) is 1. The summed E-state index contributed by atoms with van der Waals surface area (Å²) < 4.78 is 0. The van der Waals surface area contributed by atoms with E-state index in [4.69, 9.17) is 0 Å². The second kappa shape index (κ2) is 6.66. The second-order valence-electron chi connectivity index (χ2n) is 3.78. The van der Waals surface area contributed by atoms with Crippen LogP contribution in [0.4, 0.5) is 0 Å². The Bertz CT molecular complexity index is 78.9. The molecule has 0 radical (unpaired) electrons. The maximum Gasteiger partial charge on any atom is 0.0542 e. The number of unbranched alkanes of at least 4 members (excludes halogenated alkanes) is 2. The fraction of sp³-hybridized carbons (Fsp3) is 1.00. The van der Waals surface area contributed by atoms with Gasteiger partial charge in [-0.15, -0.1) is 0 Å². The Morgan fingerprint density at radius 2 is 1.82 bits per heavy atom. The minimum atomic E-state index is -0.0541. The molecule has 0 aliphatic heterocycles. The van der Waals surface area contributed by atoms with Gasteiger partial charge in [-0.2, -0.15) is 0 Å². The van der Waals surface area contributed by atoms with Gasteiger partial charge in [0.1, 0.15) is 0 Å². The average molecular weight is 158 g/mol. The monoisotopic (exact) mass is 158 g/mol. The van der Waals surface area contributed by atoms with Gasteiger partial charge in [0.15, 0.2) is 0 Å². The molecular weight excluding hydrogens is 136 g/mol. The van der Waals surface area contributed by atoms with E-state index in [9.17, 15) is 5.11 Å². The zero-order chi connectivity index (χ0) is 8.69. The van der Waals surface area contributed by atoms with E-state index in [0.717, 1.165) is 12.8 Å². The summed E-state index contributed by atoms with van der Waals surface area (Å²) in [7, 11) is 0. The molecule has 0 aromatic rings. The molecular formula is C10H22O. The summed E-state index contributed by atoms with van der Waals surface area (Å²) in [5.74, 6) is 0.631. The van der Waals surface area contributed by atoms with E-state index in [-0.39, 0.29) is 6.10 Å². The molecule has 0 rings (SSSR count). The second-order valence-corrected chi connectivity index (χ2v) is 3.78. The van der Waals surface area contributed by atoms with Crippen LogP contribution >= 0.6 is 0 Å². The van der Waals surface area contributed by atoms with Crippen LogP contribution in [0, 0.1) is 5.92 Å². The normalized spacial score (nSPS) is 13.9. The van der Waals surface area contributed by atoms with Crippen LogP contribution in [-0.4, -0.2) is 11.2 Å². The highest BCUT2D eigenvalue weighted by molar-refractivity contribution is 4.58. The van der Waals surface area contributed by atoms with Gasteiger partial charge in [-0.25, -0.2) is 0 Å². The van der Waals surface area contributed by atoms with Crippen molar-refractivity contribution >= 4 is 0 Å². The van der Waals surface area contributed by atoms with Crippen LogP contribution in [0.15, 0.2) is 0 Å². The lowest BCUT2D eigenvalue weighted by atomic mass is 10.0. The minimum absolute atomic E-state index is 0.0541. The molecule has 0 aliphatic rings. The van der Waals surface area contributed by atoms with Crippen LogP contribution in [0.25, 0.3) is 0 Å². The Balaban J connectivity index is 3.15. The summed E-state index contributed by atoms with van der Waals surface area (Å²) in [6.45, 7) is 6.50. The Kier molecular flexibility index (Phi) is 6.63. The van der Waals surface area contributed by atoms with Crippen molar-refractivity contribution < 1.29 is 5.11 Å².